The fourth-order valence-corrected chi connectivity index (χ4v) is 5.00. The van der Waals surface area contributed by atoms with Crippen LogP contribution < -0.4 is 0 Å². The first-order chi connectivity index (χ1) is 10.2. The van der Waals surface area contributed by atoms with Crippen molar-refractivity contribution in [3.8, 4) is 0 Å². The molecule has 4 unspecified atom stereocenters. The highest BCUT2D eigenvalue weighted by Crippen LogP contribution is 2.35. The van der Waals surface area contributed by atoms with Crippen LogP contribution >= 0.6 is 0 Å². The first-order valence-electron chi connectivity index (χ1n) is 8.55. The number of hydrogen-bond donors (Lipinski definition) is 0. The van der Waals surface area contributed by atoms with Gasteiger partial charge in [-0.3, -0.25) is 14.5 Å². The zero-order valence-electron chi connectivity index (χ0n) is 12.8. The number of nitrogens with zero attached hydrogens (tertiary/aromatic N) is 3. The van der Waals surface area contributed by atoms with Gasteiger partial charge >= 0.3 is 0 Å². The van der Waals surface area contributed by atoms with E-state index in [1.54, 1.807) is 0 Å². The summed E-state index contributed by atoms with van der Waals surface area (Å²) in [4.78, 5) is 31.9. The van der Waals surface area contributed by atoms with Gasteiger partial charge in [0.15, 0.2) is 0 Å². The van der Waals surface area contributed by atoms with E-state index >= 15 is 0 Å². The van der Waals surface area contributed by atoms with Gasteiger partial charge in [-0.25, -0.2) is 0 Å². The van der Waals surface area contributed by atoms with Crippen LogP contribution in [0.1, 0.15) is 45.4 Å². The van der Waals surface area contributed by atoms with Crippen molar-refractivity contribution in [1.29, 1.82) is 0 Å². The highest BCUT2D eigenvalue weighted by molar-refractivity contribution is 5.97. The third-order valence-corrected chi connectivity index (χ3v) is 6.03. The zero-order chi connectivity index (χ0) is 14.6. The van der Waals surface area contributed by atoms with Crippen molar-refractivity contribution in [1.82, 2.24) is 14.7 Å². The Balaban J connectivity index is 1.61. The molecule has 0 spiro atoms. The molecule has 4 aliphatic rings. The van der Waals surface area contributed by atoms with Gasteiger partial charge in [0.25, 0.3) is 0 Å². The Morgan fingerprint density at radius 1 is 0.857 bits per heavy atom. The minimum atomic E-state index is -0.265. The fraction of sp³-hybridized carbons (Fsp3) is 0.875. The molecule has 4 saturated heterocycles. The van der Waals surface area contributed by atoms with Gasteiger partial charge < -0.3 is 9.80 Å². The van der Waals surface area contributed by atoms with Crippen LogP contribution in [0.5, 0.6) is 0 Å². The van der Waals surface area contributed by atoms with Gasteiger partial charge in [0.1, 0.15) is 12.1 Å². The third kappa shape index (κ3) is 1.93. The number of amides is 2. The van der Waals surface area contributed by atoms with Crippen molar-refractivity contribution in [3.05, 3.63) is 0 Å². The molecule has 4 rings (SSSR count). The molecule has 116 valence electrons. The van der Waals surface area contributed by atoms with E-state index in [4.69, 9.17) is 0 Å². The second-order valence-corrected chi connectivity index (χ2v) is 7.07. The van der Waals surface area contributed by atoms with Crippen molar-refractivity contribution < 1.29 is 9.59 Å². The monoisotopic (exact) mass is 291 g/mol. The fourth-order valence-electron chi connectivity index (χ4n) is 5.00. The smallest absolute Gasteiger partial charge is 0.246 e. The van der Waals surface area contributed by atoms with E-state index in [2.05, 4.69) is 4.90 Å². The number of carbonyl (C=O) groups excluding carboxylic acids is 2. The molecule has 0 bridgehead atoms. The largest absolute Gasteiger partial charge is 0.329 e. The third-order valence-electron chi connectivity index (χ3n) is 6.03. The van der Waals surface area contributed by atoms with Gasteiger partial charge in [-0.1, -0.05) is 6.42 Å². The summed E-state index contributed by atoms with van der Waals surface area (Å²) < 4.78 is 0. The van der Waals surface area contributed by atoms with Gasteiger partial charge in [0.2, 0.25) is 11.8 Å². The lowest BCUT2D eigenvalue weighted by Gasteiger charge is -2.46. The summed E-state index contributed by atoms with van der Waals surface area (Å²) in [5.41, 5.74) is 0. The molecule has 2 amide bonds. The molecule has 0 aliphatic carbocycles. The summed E-state index contributed by atoms with van der Waals surface area (Å²) in [5, 5.41) is 0. The van der Waals surface area contributed by atoms with Crippen molar-refractivity contribution in [2.24, 2.45) is 0 Å². The summed E-state index contributed by atoms with van der Waals surface area (Å²) in [6, 6.07) is 0.329. The van der Waals surface area contributed by atoms with Crippen LogP contribution in [-0.2, 0) is 9.59 Å². The first-order valence-corrected chi connectivity index (χ1v) is 8.55. The molecule has 0 N–H and O–H groups in total. The highest BCUT2D eigenvalue weighted by atomic mass is 16.2. The average molecular weight is 291 g/mol. The van der Waals surface area contributed by atoms with Crippen molar-refractivity contribution in [2.45, 2.75) is 69.6 Å². The molecule has 0 aromatic rings. The summed E-state index contributed by atoms with van der Waals surface area (Å²) in [7, 11) is 0. The maximum Gasteiger partial charge on any atom is 0.246 e. The van der Waals surface area contributed by atoms with E-state index in [1.807, 2.05) is 16.7 Å². The number of carbonyl (C=O) groups is 2. The molecule has 0 aromatic heterocycles. The van der Waals surface area contributed by atoms with Crippen LogP contribution in [0.4, 0.5) is 0 Å². The van der Waals surface area contributed by atoms with E-state index in [-0.39, 0.29) is 29.9 Å². The lowest BCUT2D eigenvalue weighted by molar-refractivity contribution is -0.162. The molecule has 0 radical (unpaired) electrons. The molecule has 4 aliphatic heterocycles. The van der Waals surface area contributed by atoms with Gasteiger partial charge in [-0.2, -0.15) is 0 Å². The van der Waals surface area contributed by atoms with Crippen LogP contribution in [-0.4, -0.2) is 70.3 Å². The second kappa shape index (κ2) is 4.97. The van der Waals surface area contributed by atoms with Gasteiger partial charge in [-0.15, -0.1) is 0 Å². The number of hydrogen-bond acceptors (Lipinski definition) is 3. The first kappa shape index (κ1) is 13.6. The molecule has 4 atom stereocenters. The van der Waals surface area contributed by atoms with Crippen molar-refractivity contribution in [3.63, 3.8) is 0 Å². The summed E-state index contributed by atoms with van der Waals surface area (Å²) in [5.74, 6) is 0.392. The lowest BCUT2D eigenvalue weighted by Crippen LogP contribution is -2.66. The van der Waals surface area contributed by atoms with Crippen molar-refractivity contribution in [2.75, 3.05) is 19.6 Å². The van der Waals surface area contributed by atoms with Crippen LogP contribution in [0.25, 0.3) is 0 Å². The average Bonchev–Trinajstić information content (AvgIpc) is 3.12. The van der Waals surface area contributed by atoms with Crippen LogP contribution in [0.15, 0.2) is 0 Å². The predicted molar refractivity (Wildman–Crippen MR) is 78.7 cm³/mol. The van der Waals surface area contributed by atoms with E-state index in [1.165, 1.54) is 25.8 Å². The topological polar surface area (TPSA) is 43.9 Å². The minimum Gasteiger partial charge on any atom is -0.329 e. The van der Waals surface area contributed by atoms with Crippen LogP contribution in [0.2, 0.25) is 0 Å². The molecule has 4 fully saturated rings. The molecular weight excluding hydrogens is 266 g/mol. The molecule has 21 heavy (non-hydrogen) atoms. The Bertz CT molecular complexity index is 466. The van der Waals surface area contributed by atoms with E-state index in [0.717, 1.165) is 32.4 Å². The summed E-state index contributed by atoms with van der Waals surface area (Å²) in [6.07, 6.45) is 6.60. The Hall–Kier alpha value is -1.10. The maximum atomic E-state index is 12.9. The number of rotatable bonds is 1. The quantitative estimate of drug-likeness (QED) is 0.719. The number of piperazine rings is 1. The van der Waals surface area contributed by atoms with E-state index in [0.29, 0.717) is 6.04 Å². The Labute approximate surface area is 126 Å². The van der Waals surface area contributed by atoms with Gasteiger partial charge in [0.05, 0.1) is 0 Å². The summed E-state index contributed by atoms with van der Waals surface area (Å²) >= 11 is 0. The zero-order valence-corrected chi connectivity index (χ0v) is 12.8. The lowest BCUT2D eigenvalue weighted by atomic mass is 9.94. The molecule has 0 aromatic carbocycles. The van der Waals surface area contributed by atoms with E-state index in [9.17, 15) is 9.59 Å². The Morgan fingerprint density at radius 2 is 1.71 bits per heavy atom. The number of fused-ring (bicyclic) bond motifs is 2. The van der Waals surface area contributed by atoms with Gasteiger partial charge in [0, 0.05) is 25.2 Å². The van der Waals surface area contributed by atoms with Gasteiger partial charge in [-0.05, 0) is 45.6 Å². The SMILES string of the molecule is CC1C(=O)N2CCCC2C(=O)N1C1CCN2CCCCC12. The standard InChI is InChI=1S/C16H25N3O2/c1-11-15(20)18-9-4-6-14(18)16(21)19(11)13-7-10-17-8-3-2-5-12(13)17/h11-14H,2-10H2,1H3. The molecule has 0 saturated carbocycles. The molecule has 5 nitrogen and oxygen atoms in total. The maximum absolute atomic E-state index is 12.9. The van der Waals surface area contributed by atoms with E-state index < -0.39 is 0 Å². The minimum absolute atomic E-state index is 0.161. The molecule has 4 heterocycles. The molecular formula is C16H25N3O2. The highest BCUT2D eigenvalue weighted by Gasteiger charge is 2.51. The second-order valence-electron chi connectivity index (χ2n) is 7.07. The van der Waals surface area contributed by atoms with Crippen LogP contribution in [0, 0.1) is 0 Å². The Morgan fingerprint density at radius 3 is 2.57 bits per heavy atom. The predicted octanol–water partition coefficient (Wildman–Crippen LogP) is 0.835. The van der Waals surface area contributed by atoms with Crippen LogP contribution in [0.3, 0.4) is 0 Å². The normalized spacial score (nSPS) is 40.6. The Kier molecular flexibility index (Phi) is 3.21. The van der Waals surface area contributed by atoms with Crippen molar-refractivity contribution >= 4 is 11.8 Å². The molecule has 5 heteroatoms. The number of piperidine rings is 1. The summed E-state index contributed by atoms with van der Waals surface area (Å²) in [6.45, 7) is 4.96.